The molecule has 0 heterocycles. The van der Waals surface area contributed by atoms with Gasteiger partial charge in [-0.2, -0.15) is 11.8 Å². The van der Waals surface area contributed by atoms with Crippen molar-refractivity contribution in [3.8, 4) is 0 Å². The van der Waals surface area contributed by atoms with Gasteiger partial charge in [-0.25, -0.2) is 0 Å². The Kier molecular flexibility index (Phi) is 4.93. The summed E-state index contributed by atoms with van der Waals surface area (Å²) in [5.74, 6) is 2.82. The molecule has 0 saturated heterocycles. The van der Waals surface area contributed by atoms with Gasteiger partial charge in [-0.1, -0.05) is 31.2 Å². The largest absolute Gasteiger partial charge is 0.388 e. The van der Waals surface area contributed by atoms with Gasteiger partial charge in [0.2, 0.25) is 0 Å². The summed E-state index contributed by atoms with van der Waals surface area (Å²) in [6, 6.07) is 8.40. The van der Waals surface area contributed by atoms with Gasteiger partial charge in [0.05, 0.1) is 6.10 Å². The van der Waals surface area contributed by atoms with E-state index in [4.69, 9.17) is 0 Å². The molecule has 1 aromatic rings. The van der Waals surface area contributed by atoms with Gasteiger partial charge in [0, 0.05) is 0 Å². The number of rotatable bonds is 4. The van der Waals surface area contributed by atoms with Crippen LogP contribution in [0.25, 0.3) is 0 Å². The average Bonchev–Trinajstić information content (AvgIpc) is 2.51. The standard InChI is InChI=1S/C15H22OS/c1-2-17-11-10-13-8-5-7-12-6-3-4-9-14(12)15(13)16/h3-4,6,9,13,15-16H,2,5,7-8,10-11H2,1H3. The van der Waals surface area contributed by atoms with E-state index in [0.29, 0.717) is 5.92 Å². The number of aliphatic hydroxyl groups is 1. The number of aliphatic hydroxyl groups excluding tert-OH is 1. The van der Waals surface area contributed by atoms with Crippen LogP contribution in [0.3, 0.4) is 0 Å². The van der Waals surface area contributed by atoms with E-state index in [9.17, 15) is 5.11 Å². The molecule has 0 radical (unpaired) electrons. The molecule has 2 heteroatoms. The van der Waals surface area contributed by atoms with Crippen molar-refractivity contribution in [3.63, 3.8) is 0 Å². The fourth-order valence-electron chi connectivity index (χ4n) is 2.70. The van der Waals surface area contributed by atoms with Crippen LogP contribution in [0.15, 0.2) is 24.3 Å². The van der Waals surface area contributed by atoms with Crippen molar-refractivity contribution in [1.29, 1.82) is 0 Å². The number of benzene rings is 1. The molecule has 1 aromatic carbocycles. The van der Waals surface area contributed by atoms with E-state index in [1.807, 2.05) is 17.8 Å². The first-order valence-corrected chi connectivity index (χ1v) is 7.82. The Morgan fingerprint density at radius 3 is 3.00 bits per heavy atom. The summed E-state index contributed by atoms with van der Waals surface area (Å²) in [5.41, 5.74) is 2.53. The smallest absolute Gasteiger partial charge is 0.0821 e. The number of hydrogen-bond donors (Lipinski definition) is 1. The second kappa shape index (κ2) is 6.46. The van der Waals surface area contributed by atoms with Crippen LogP contribution in [-0.2, 0) is 6.42 Å². The molecule has 0 spiro atoms. The summed E-state index contributed by atoms with van der Waals surface area (Å²) in [6.07, 6.45) is 4.42. The van der Waals surface area contributed by atoms with E-state index >= 15 is 0 Å². The topological polar surface area (TPSA) is 20.2 Å². The minimum absolute atomic E-state index is 0.244. The van der Waals surface area contributed by atoms with Gasteiger partial charge in [-0.3, -0.25) is 0 Å². The monoisotopic (exact) mass is 250 g/mol. The molecule has 1 aliphatic rings. The first-order chi connectivity index (χ1) is 8.33. The summed E-state index contributed by atoms with van der Waals surface area (Å²) in [6.45, 7) is 2.20. The van der Waals surface area contributed by atoms with Gasteiger partial charge in [-0.05, 0) is 54.2 Å². The Hall–Kier alpha value is -0.470. The van der Waals surface area contributed by atoms with Crippen molar-refractivity contribution in [3.05, 3.63) is 35.4 Å². The molecule has 1 N–H and O–H groups in total. The maximum absolute atomic E-state index is 10.5. The van der Waals surface area contributed by atoms with E-state index < -0.39 is 0 Å². The van der Waals surface area contributed by atoms with Gasteiger partial charge < -0.3 is 5.11 Å². The van der Waals surface area contributed by atoms with Crippen LogP contribution >= 0.6 is 11.8 Å². The van der Waals surface area contributed by atoms with Crippen molar-refractivity contribution in [2.75, 3.05) is 11.5 Å². The average molecular weight is 250 g/mol. The molecule has 0 amide bonds. The lowest BCUT2D eigenvalue weighted by Crippen LogP contribution is -2.13. The normalized spacial score (nSPS) is 24.1. The minimum Gasteiger partial charge on any atom is -0.388 e. The number of fused-ring (bicyclic) bond motifs is 1. The number of thioether (sulfide) groups is 1. The molecule has 17 heavy (non-hydrogen) atoms. The molecule has 0 aromatic heterocycles. The molecule has 94 valence electrons. The zero-order chi connectivity index (χ0) is 12.1. The first-order valence-electron chi connectivity index (χ1n) is 6.66. The molecule has 0 bridgehead atoms. The van der Waals surface area contributed by atoms with E-state index in [1.54, 1.807) is 0 Å². The quantitative estimate of drug-likeness (QED) is 0.647. The summed E-state index contributed by atoms with van der Waals surface area (Å²) in [7, 11) is 0. The highest BCUT2D eigenvalue weighted by atomic mass is 32.2. The zero-order valence-corrected chi connectivity index (χ0v) is 11.4. The van der Waals surface area contributed by atoms with Crippen molar-refractivity contribution in [2.24, 2.45) is 5.92 Å². The molecule has 2 rings (SSSR count). The summed E-state index contributed by atoms with van der Waals surface area (Å²) in [4.78, 5) is 0. The molecule has 0 saturated carbocycles. The molecular weight excluding hydrogens is 228 g/mol. The maximum Gasteiger partial charge on any atom is 0.0821 e. The summed E-state index contributed by atoms with van der Waals surface area (Å²) < 4.78 is 0. The highest BCUT2D eigenvalue weighted by Crippen LogP contribution is 2.35. The first kappa shape index (κ1) is 13.0. The SMILES string of the molecule is CCSCCC1CCCc2ccccc2C1O. The highest BCUT2D eigenvalue weighted by Gasteiger charge is 2.25. The second-order valence-corrected chi connectivity index (χ2v) is 6.18. The molecule has 2 unspecified atom stereocenters. The van der Waals surface area contributed by atoms with Gasteiger partial charge in [0.1, 0.15) is 0 Å². The van der Waals surface area contributed by atoms with E-state index in [1.165, 1.54) is 35.5 Å². The van der Waals surface area contributed by atoms with Crippen molar-refractivity contribution >= 4 is 11.8 Å². The molecule has 1 aliphatic carbocycles. The van der Waals surface area contributed by atoms with Gasteiger partial charge in [0.25, 0.3) is 0 Å². The maximum atomic E-state index is 10.5. The molecule has 2 atom stereocenters. The van der Waals surface area contributed by atoms with Crippen LogP contribution in [0.2, 0.25) is 0 Å². The second-order valence-electron chi connectivity index (χ2n) is 4.78. The van der Waals surface area contributed by atoms with Crippen molar-refractivity contribution in [1.82, 2.24) is 0 Å². The Morgan fingerprint density at radius 1 is 1.35 bits per heavy atom. The Balaban J connectivity index is 2.06. The van der Waals surface area contributed by atoms with Gasteiger partial charge in [-0.15, -0.1) is 0 Å². The Labute approximate surface area is 109 Å². The van der Waals surface area contributed by atoms with E-state index in [0.717, 1.165) is 12.8 Å². The van der Waals surface area contributed by atoms with Crippen LogP contribution in [-0.4, -0.2) is 16.6 Å². The van der Waals surface area contributed by atoms with Gasteiger partial charge in [0.15, 0.2) is 0 Å². The minimum atomic E-state index is -0.244. The van der Waals surface area contributed by atoms with E-state index in [2.05, 4.69) is 25.1 Å². The summed E-state index contributed by atoms with van der Waals surface area (Å²) in [5, 5.41) is 10.5. The Morgan fingerprint density at radius 2 is 2.18 bits per heavy atom. The van der Waals surface area contributed by atoms with Crippen LogP contribution in [0.1, 0.15) is 43.4 Å². The van der Waals surface area contributed by atoms with Gasteiger partial charge >= 0.3 is 0 Å². The fourth-order valence-corrected chi connectivity index (χ4v) is 3.46. The lowest BCUT2D eigenvalue weighted by atomic mass is 9.91. The third kappa shape index (κ3) is 3.26. The number of hydrogen-bond acceptors (Lipinski definition) is 2. The Bertz CT molecular complexity index is 351. The molecular formula is C15H22OS. The predicted molar refractivity (Wildman–Crippen MR) is 75.4 cm³/mol. The fraction of sp³-hybridized carbons (Fsp3) is 0.600. The van der Waals surface area contributed by atoms with Crippen LogP contribution < -0.4 is 0 Å². The third-order valence-corrected chi connectivity index (χ3v) is 4.61. The molecule has 1 nitrogen and oxygen atoms in total. The summed E-state index contributed by atoms with van der Waals surface area (Å²) >= 11 is 1.98. The highest BCUT2D eigenvalue weighted by molar-refractivity contribution is 7.99. The predicted octanol–water partition coefficient (Wildman–Crippen LogP) is 3.82. The van der Waals surface area contributed by atoms with Crippen molar-refractivity contribution in [2.45, 2.75) is 38.7 Å². The van der Waals surface area contributed by atoms with Crippen LogP contribution in [0.4, 0.5) is 0 Å². The van der Waals surface area contributed by atoms with Crippen molar-refractivity contribution < 1.29 is 5.11 Å². The van der Waals surface area contributed by atoms with Crippen LogP contribution in [0, 0.1) is 5.92 Å². The third-order valence-electron chi connectivity index (χ3n) is 3.68. The lowest BCUT2D eigenvalue weighted by Gasteiger charge is -2.21. The molecule has 0 aliphatic heterocycles. The van der Waals surface area contributed by atoms with E-state index in [-0.39, 0.29) is 6.10 Å². The lowest BCUT2D eigenvalue weighted by molar-refractivity contribution is 0.103. The van der Waals surface area contributed by atoms with Crippen LogP contribution in [0.5, 0.6) is 0 Å². The zero-order valence-electron chi connectivity index (χ0n) is 10.6. The number of aryl methyl sites for hydroxylation is 1. The molecule has 0 fully saturated rings.